The summed E-state index contributed by atoms with van der Waals surface area (Å²) in [7, 11) is 0. The van der Waals surface area contributed by atoms with Crippen LogP contribution in [0, 0.1) is 6.92 Å². The Morgan fingerprint density at radius 1 is 1.47 bits per heavy atom. The van der Waals surface area contributed by atoms with E-state index in [1.165, 1.54) is 11.8 Å². The number of nitrogens with zero attached hydrogens (tertiary/aromatic N) is 2. The molecule has 0 aromatic carbocycles. The fourth-order valence-corrected chi connectivity index (χ4v) is 1.62. The maximum atomic E-state index is 11.7. The van der Waals surface area contributed by atoms with Gasteiger partial charge in [0.05, 0.1) is 11.9 Å². The van der Waals surface area contributed by atoms with Gasteiger partial charge < -0.3 is 10.6 Å². The van der Waals surface area contributed by atoms with Crippen LogP contribution in [-0.4, -0.2) is 35.5 Å². The summed E-state index contributed by atoms with van der Waals surface area (Å²) in [5, 5.41) is 6.08. The van der Waals surface area contributed by atoms with Crippen LogP contribution in [0.4, 0.5) is 0 Å². The molecule has 2 rings (SSSR count). The van der Waals surface area contributed by atoms with Crippen molar-refractivity contribution in [3.05, 3.63) is 35.4 Å². The van der Waals surface area contributed by atoms with Crippen LogP contribution in [0.25, 0.3) is 0 Å². The zero-order chi connectivity index (χ0) is 12.1. The summed E-state index contributed by atoms with van der Waals surface area (Å²) >= 11 is 0. The van der Waals surface area contributed by atoms with Crippen molar-refractivity contribution in [2.45, 2.75) is 13.3 Å². The fourth-order valence-electron chi connectivity index (χ4n) is 1.62. The molecule has 5 nitrogen and oxygen atoms in total. The average molecular weight is 232 g/mol. The van der Waals surface area contributed by atoms with Gasteiger partial charge in [-0.05, 0) is 19.9 Å². The van der Waals surface area contributed by atoms with Crippen molar-refractivity contribution in [3.8, 4) is 0 Å². The highest BCUT2D eigenvalue weighted by molar-refractivity contribution is 5.92. The Hall–Kier alpha value is -1.75. The topological polar surface area (TPSA) is 66.9 Å². The molecule has 17 heavy (non-hydrogen) atoms. The molecule has 90 valence electrons. The zero-order valence-electron chi connectivity index (χ0n) is 9.86. The molecular formula is C12H16N4O. The highest BCUT2D eigenvalue weighted by Crippen LogP contribution is 2.02. The Morgan fingerprint density at radius 3 is 3.00 bits per heavy atom. The van der Waals surface area contributed by atoms with Crippen LogP contribution in [0.3, 0.4) is 0 Å². The van der Waals surface area contributed by atoms with E-state index in [2.05, 4.69) is 26.7 Å². The van der Waals surface area contributed by atoms with Gasteiger partial charge in [-0.25, -0.2) is 4.98 Å². The smallest absolute Gasteiger partial charge is 0.271 e. The van der Waals surface area contributed by atoms with Gasteiger partial charge >= 0.3 is 0 Å². The summed E-state index contributed by atoms with van der Waals surface area (Å²) in [5.74, 6) is -0.170. The minimum Gasteiger partial charge on any atom is -0.347 e. The van der Waals surface area contributed by atoms with Gasteiger partial charge in [-0.2, -0.15) is 0 Å². The van der Waals surface area contributed by atoms with Crippen molar-refractivity contribution < 1.29 is 4.79 Å². The molecule has 0 atom stereocenters. The first kappa shape index (κ1) is 11.7. The lowest BCUT2D eigenvalue weighted by molar-refractivity contribution is 0.0951. The first-order chi connectivity index (χ1) is 8.25. The van der Waals surface area contributed by atoms with E-state index in [0.717, 1.165) is 25.2 Å². The maximum absolute atomic E-state index is 11.7. The number of hydrogen-bond donors (Lipinski definition) is 2. The van der Waals surface area contributed by atoms with Gasteiger partial charge in [0, 0.05) is 19.3 Å². The van der Waals surface area contributed by atoms with E-state index in [1.54, 1.807) is 6.20 Å². The predicted molar refractivity (Wildman–Crippen MR) is 64.7 cm³/mol. The van der Waals surface area contributed by atoms with E-state index in [9.17, 15) is 4.79 Å². The number of amides is 1. The molecule has 0 radical (unpaired) electrons. The predicted octanol–water partition coefficient (Wildman–Crippen LogP) is 0.435. The standard InChI is InChI=1S/C12H16N4O/c1-9-6-15-11(8-14-9)12(17)16-7-10-2-4-13-5-3-10/h2,6,8,13H,3-5,7H2,1H3,(H,16,17). The first-order valence-corrected chi connectivity index (χ1v) is 5.71. The fraction of sp³-hybridized carbons (Fsp3) is 0.417. The molecule has 1 aliphatic heterocycles. The maximum Gasteiger partial charge on any atom is 0.271 e. The lowest BCUT2D eigenvalue weighted by Crippen LogP contribution is -2.30. The van der Waals surface area contributed by atoms with Crippen LogP contribution in [0.15, 0.2) is 24.0 Å². The second kappa shape index (κ2) is 5.54. The second-order valence-corrected chi connectivity index (χ2v) is 4.04. The number of aromatic nitrogens is 2. The third-order valence-electron chi connectivity index (χ3n) is 2.65. The van der Waals surface area contributed by atoms with E-state index >= 15 is 0 Å². The molecule has 1 aromatic heterocycles. The van der Waals surface area contributed by atoms with Gasteiger partial charge in [-0.3, -0.25) is 9.78 Å². The summed E-state index contributed by atoms with van der Waals surface area (Å²) < 4.78 is 0. The Labute approximate surface area is 100 Å². The molecule has 0 aliphatic carbocycles. The number of carbonyl (C=O) groups excluding carboxylic acids is 1. The largest absolute Gasteiger partial charge is 0.347 e. The zero-order valence-corrected chi connectivity index (χ0v) is 9.86. The Kier molecular flexibility index (Phi) is 3.82. The number of carbonyl (C=O) groups is 1. The van der Waals surface area contributed by atoms with E-state index in [-0.39, 0.29) is 5.91 Å². The van der Waals surface area contributed by atoms with Crippen molar-refractivity contribution in [3.63, 3.8) is 0 Å². The van der Waals surface area contributed by atoms with Crippen molar-refractivity contribution >= 4 is 5.91 Å². The first-order valence-electron chi connectivity index (χ1n) is 5.71. The van der Waals surface area contributed by atoms with Crippen LogP contribution in [0.2, 0.25) is 0 Å². The third-order valence-corrected chi connectivity index (χ3v) is 2.65. The van der Waals surface area contributed by atoms with Gasteiger partial charge in [0.1, 0.15) is 5.69 Å². The van der Waals surface area contributed by atoms with Crippen molar-refractivity contribution in [1.82, 2.24) is 20.6 Å². The van der Waals surface area contributed by atoms with E-state index in [4.69, 9.17) is 0 Å². The second-order valence-electron chi connectivity index (χ2n) is 4.04. The molecule has 2 N–H and O–H groups in total. The van der Waals surface area contributed by atoms with Crippen LogP contribution >= 0.6 is 0 Å². The minimum absolute atomic E-state index is 0.170. The van der Waals surface area contributed by atoms with Gasteiger partial charge in [0.25, 0.3) is 5.91 Å². The summed E-state index contributed by atoms with van der Waals surface area (Å²) in [6.45, 7) is 4.30. The lowest BCUT2D eigenvalue weighted by Gasteiger charge is -2.14. The van der Waals surface area contributed by atoms with Gasteiger partial charge in [0.15, 0.2) is 0 Å². The molecule has 1 amide bonds. The van der Waals surface area contributed by atoms with Gasteiger partial charge in [0.2, 0.25) is 0 Å². The molecule has 5 heteroatoms. The molecule has 0 saturated carbocycles. The Balaban J connectivity index is 1.88. The van der Waals surface area contributed by atoms with E-state index in [0.29, 0.717) is 12.2 Å². The highest BCUT2D eigenvalue weighted by Gasteiger charge is 2.09. The molecule has 0 bridgehead atoms. The Morgan fingerprint density at radius 2 is 2.35 bits per heavy atom. The molecular weight excluding hydrogens is 216 g/mol. The van der Waals surface area contributed by atoms with Crippen LogP contribution in [0.1, 0.15) is 22.6 Å². The van der Waals surface area contributed by atoms with Gasteiger partial charge in [-0.1, -0.05) is 11.6 Å². The van der Waals surface area contributed by atoms with Crippen LogP contribution in [-0.2, 0) is 0 Å². The SMILES string of the molecule is Cc1cnc(C(=O)NCC2=CCNCC2)cn1. The molecule has 0 fully saturated rings. The summed E-state index contributed by atoms with van der Waals surface area (Å²) in [5.41, 5.74) is 2.44. The van der Waals surface area contributed by atoms with E-state index in [1.807, 2.05) is 6.92 Å². The normalized spacial score (nSPS) is 15.2. The average Bonchev–Trinajstić information content (AvgIpc) is 2.38. The molecule has 2 heterocycles. The number of nitrogens with one attached hydrogen (secondary N) is 2. The van der Waals surface area contributed by atoms with E-state index < -0.39 is 0 Å². The number of aryl methyl sites for hydroxylation is 1. The highest BCUT2D eigenvalue weighted by atomic mass is 16.1. The molecule has 1 aliphatic rings. The quantitative estimate of drug-likeness (QED) is 0.742. The van der Waals surface area contributed by atoms with Crippen molar-refractivity contribution in [1.29, 1.82) is 0 Å². The number of hydrogen-bond acceptors (Lipinski definition) is 4. The molecule has 0 unspecified atom stereocenters. The summed E-state index contributed by atoms with van der Waals surface area (Å²) in [4.78, 5) is 19.8. The molecule has 1 aromatic rings. The molecule has 0 spiro atoms. The van der Waals surface area contributed by atoms with Gasteiger partial charge in [-0.15, -0.1) is 0 Å². The van der Waals surface area contributed by atoms with Crippen molar-refractivity contribution in [2.24, 2.45) is 0 Å². The summed E-state index contributed by atoms with van der Waals surface area (Å²) in [6.07, 6.45) is 6.20. The van der Waals surface area contributed by atoms with Crippen molar-refractivity contribution in [2.75, 3.05) is 19.6 Å². The molecule has 0 saturated heterocycles. The van der Waals surface area contributed by atoms with Crippen LogP contribution < -0.4 is 10.6 Å². The lowest BCUT2D eigenvalue weighted by atomic mass is 10.1. The monoisotopic (exact) mass is 232 g/mol. The third kappa shape index (κ3) is 3.35. The Bertz CT molecular complexity index is 425. The minimum atomic E-state index is -0.170. The number of rotatable bonds is 3. The summed E-state index contributed by atoms with van der Waals surface area (Å²) in [6, 6.07) is 0. The van der Waals surface area contributed by atoms with Crippen LogP contribution in [0.5, 0.6) is 0 Å².